The number of para-hydroxylation sites is 1. The fourth-order valence-electron chi connectivity index (χ4n) is 8.49. The molecular formula is C52H32OS. The van der Waals surface area contributed by atoms with E-state index in [9.17, 15) is 0 Å². The molecule has 11 rings (SSSR count). The van der Waals surface area contributed by atoms with Crippen LogP contribution in [-0.4, -0.2) is 0 Å². The van der Waals surface area contributed by atoms with E-state index in [1.54, 1.807) is 0 Å². The highest BCUT2D eigenvalue weighted by atomic mass is 32.1. The van der Waals surface area contributed by atoms with Crippen LogP contribution in [0.4, 0.5) is 0 Å². The largest absolute Gasteiger partial charge is 0.455 e. The Bertz CT molecular complexity index is 3130. The maximum Gasteiger partial charge on any atom is 0.143 e. The van der Waals surface area contributed by atoms with E-state index in [0.29, 0.717) is 0 Å². The first-order valence-corrected chi connectivity index (χ1v) is 19.2. The third-order valence-electron chi connectivity index (χ3n) is 10.9. The van der Waals surface area contributed by atoms with Crippen LogP contribution in [0.25, 0.3) is 109 Å². The van der Waals surface area contributed by atoms with E-state index in [0.717, 1.165) is 33.1 Å². The van der Waals surface area contributed by atoms with Crippen LogP contribution < -0.4 is 0 Å². The first-order valence-electron chi connectivity index (χ1n) is 18.4. The summed E-state index contributed by atoms with van der Waals surface area (Å²) >= 11 is 1.88. The van der Waals surface area contributed by atoms with Gasteiger partial charge in [0.25, 0.3) is 0 Å². The molecule has 0 radical (unpaired) electrons. The van der Waals surface area contributed by atoms with Crippen molar-refractivity contribution in [2.45, 2.75) is 0 Å². The maximum absolute atomic E-state index is 6.59. The van der Waals surface area contributed by atoms with Crippen LogP contribution in [0.2, 0.25) is 0 Å². The van der Waals surface area contributed by atoms with E-state index >= 15 is 0 Å². The number of benzene rings is 9. The summed E-state index contributed by atoms with van der Waals surface area (Å²) < 4.78 is 7.88. The van der Waals surface area contributed by atoms with Crippen molar-refractivity contribution in [2.24, 2.45) is 0 Å². The average molecular weight is 705 g/mol. The summed E-state index contributed by atoms with van der Waals surface area (Å²) in [6.07, 6.45) is 0. The molecule has 0 aliphatic heterocycles. The summed E-state index contributed by atoms with van der Waals surface area (Å²) in [4.78, 5) is 1.30. The van der Waals surface area contributed by atoms with Gasteiger partial charge >= 0.3 is 0 Å². The molecule has 2 heterocycles. The molecule has 0 amide bonds. The molecule has 54 heavy (non-hydrogen) atoms. The standard InChI is InChI=1S/C52H32OS/c1-4-15-33(16-5-1)38-25-14-26-43-44-31-36(27-29-46(44)53-51(38)43)48-39-21-10-12-23-41(39)49(42-24-13-11-22-40(42)48)37-28-30-47-45(32-37)50(34-17-6-2-7-18-34)52(54-47)35-19-8-3-9-20-35/h1-32H. The molecule has 2 aromatic heterocycles. The van der Waals surface area contributed by atoms with Crippen LogP contribution in [0.15, 0.2) is 199 Å². The van der Waals surface area contributed by atoms with E-state index in [4.69, 9.17) is 4.42 Å². The lowest BCUT2D eigenvalue weighted by molar-refractivity contribution is 0.670. The zero-order valence-corrected chi connectivity index (χ0v) is 30.1. The molecule has 0 saturated heterocycles. The van der Waals surface area contributed by atoms with Crippen LogP contribution in [0, 0.1) is 0 Å². The minimum absolute atomic E-state index is 0.899. The van der Waals surface area contributed by atoms with Crippen LogP contribution in [0.5, 0.6) is 0 Å². The fraction of sp³-hybridized carbons (Fsp3) is 0. The molecule has 0 unspecified atom stereocenters. The second-order valence-corrected chi connectivity index (χ2v) is 15.0. The third kappa shape index (κ3) is 4.85. The highest BCUT2D eigenvalue weighted by Crippen LogP contribution is 2.49. The lowest BCUT2D eigenvalue weighted by atomic mass is 9.85. The Kier molecular flexibility index (Phi) is 7.11. The quantitative estimate of drug-likeness (QED) is 0.163. The van der Waals surface area contributed by atoms with Gasteiger partial charge in [-0.3, -0.25) is 0 Å². The van der Waals surface area contributed by atoms with Gasteiger partial charge in [-0.2, -0.15) is 0 Å². The first-order chi connectivity index (χ1) is 26.8. The lowest BCUT2D eigenvalue weighted by Gasteiger charge is -2.18. The first kappa shape index (κ1) is 30.8. The second kappa shape index (κ2) is 12.4. The van der Waals surface area contributed by atoms with Gasteiger partial charge in [0.05, 0.1) is 0 Å². The van der Waals surface area contributed by atoms with Crippen LogP contribution >= 0.6 is 11.3 Å². The predicted molar refractivity (Wildman–Crippen MR) is 231 cm³/mol. The average Bonchev–Trinajstić information content (AvgIpc) is 3.82. The molecule has 252 valence electrons. The molecular weight excluding hydrogens is 673 g/mol. The molecule has 0 spiro atoms. The fourth-order valence-corrected chi connectivity index (χ4v) is 9.70. The predicted octanol–water partition coefficient (Wildman–Crippen LogP) is 15.4. The molecule has 9 aromatic carbocycles. The Balaban J connectivity index is 1.15. The monoisotopic (exact) mass is 704 g/mol. The molecule has 0 saturated carbocycles. The molecule has 0 N–H and O–H groups in total. The molecule has 0 aliphatic rings. The Labute approximate surface area is 317 Å². The van der Waals surface area contributed by atoms with E-state index in [1.165, 1.54) is 75.5 Å². The van der Waals surface area contributed by atoms with E-state index < -0.39 is 0 Å². The highest BCUT2D eigenvalue weighted by molar-refractivity contribution is 7.23. The van der Waals surface area contributed by atoms with Gasteiger partial charge in [0.2, 0.25) is 0 Å². The van der Waals surface area contributed by atoms with Gasteiger partial charge in [0, 0.05) is 36.9 Å². The number of hydrogen-bond donors (Lipinski definition) is 0. The molecule has 0 aliphatic carbocycles. The van der Waals surface area contributed by atoms with Gasteiger partial charge in [-0.05, 0) is 84.8 Å². The number of furan rings is 1. The van der Waals surface area contributed by atoms with Gasteiger partial charge < -0.3 is 4.42 Å². The summed E-state index contributed by atoms with van der Waals surface area (Å²) in [7, 11) is 0. The molecule has 0 atom stereocenters. The normalized spacial score (nSPS) is 11.7. The van der Waals surface area contributed by atoms with Crippen LogP contribution in [-0.2, 0) is 0 Å². The zero-order chi connectivity index (χ0) is 35.6. The number of fused-ring (bicyclic) bond motifs is 6. The van der Waals surface area contributed by atoms with Crippen molar-refractivity contribution in [3.63, 3.8) is 0 Å². The van der Waals surface area contributed by atoms with Crippen LogP contribution in [0.3, 0.4) is 0 Å². The van der Waals surface area contributed by atoms with Gasteiger partial charge in [0.1, 0.15) is 11.2 Å². The third-order valence-corrected chi connectivity index (χ3v) is 12.1. The summed E-state index contributed by atoms with van der Waals surface area (Å²) in [6.45, 7) is 0. The van der Waals surface area contributed by atoms with Gasteiger partial charge in [-0.25, -0.2) is 0 Å². The summed E-state index contributed by atoms with van der Waals surface area (Å²) in [5.74, 6) is 0. The Morgan fingerprint density at radius 2 is 0.815 bits per heavy atom. The minimum atomic E-state index is 0.899. The smallest absolute Gasteiger partial charge is 0.143 e. The second-order valence-electron chi connectivity index (χ2n) is 14.0. The van der Waals surface area contributed by atoms with E-state index in [-0.39, 0.29) is 0 Å². The zero-order valence-electron chi connectivity index (χ0n) is 29.3. The van der Waals surface area contributed by atoms with E-state index in [2.05, 4.69) is 194 Å². The van der Waals surface area contributed by atoms with Crippen molar-refractivity contribution in [1.29, 1.82) is 0 Å². The van der Waals surface area contributed by atoms with Crippen molar-refractivity contribution < 1.29 is 4.42 Å². The summed E-state index contributed by atoms with van der Waals surface area (Å²) in [5.41, 5.74) is 12.8. The number of thiophene rings is 1. The van der Waals surface area contributed by atoms with Gasteiger partial charge in [-0.1, -0.05) is 170 Å². The Morgan fingerprint density at radius 1 is 0.315 bits per heavy atom. The molecule has 11 aromatic rings. The molecule has 0 bridgehead atoms. The Morgan fingerprint density at radius 3 is 1.43 bits per heavy atom. The molecule has 1 nitrogen and oxygen atoms in total. The van der Waals surface area contributed by atoms with Crippen LogP contribution in [0.1, 0.15) is 0 Å². The van der Waals surface area contributed by atoms with Gasteiger partial charge in [-0.15, -0.1) is 11.3 Å². The van der Waals surface area contributed by atoms with Gasteiger partial charge in [0.15, 0.2) is 0 Å². The molecule has 2 heteroatoms. The minimum Gasteiger partial charge on any atom is -0.455 e. The summed E-state index contributed by atoms with van der Waals surface area (Å²) in [6, 6.07) is 70.3. The number of hydrogen-bond acceptors (Lipinski definition) is 2. The Hall–Kier alpha value is -6.74. The van der Waals surface area contributed by atoms with Crippen molar-refractivity contribution in [3.05, 3.63) is 194 Å². The number of rotatable bonds is 5. The molecule has 0 fully saturated rings. The SMILES string of the molecule is c1ccc(-c2sc3ccc(-c4c5ccccc5c(-c5ccc6oc7c(-c8ccccc8)cccc7c6c5)c5ccccc45)cc3c2-c2ccccc2)cc1. The summed E-state index contributed by atoms with van der Waals surface area (Å²) in [5, 5.41) is 8.51. The van der Waals surface area contributed by atoms with E-state index in [1.807, 2.05) is 11.3 Å². The lowest BCUT2D eigenvalue weighted by Crippen LogP contribution is -1.91. The van der Waals surface area contributed by atoms with Crippen molar-refractivity contribution >= 4 is 64.9 Å². The topological polar surface area (TPSA) is 13.1 Å². The highest BCUT2D eigenvalue weighted by Gasteiger charge is 2.21. The van der Waals surface area contributed by atoms with Crippen molar-refractivity contribution in [2.75, 3.05) is 0 Å². The maximum atomic E-state index is 6.59. The van der Waals surface area contributed by atoms with Crippen molar-refractivity contribution in [1.82, 2.24) is 0 Å². The van der Waals surface area contributed by atoms with Crippen molar-refractivity contribution in [3.8, 4) is 54.9 Å².